The van der Waals surface area contributed by atoms with Gasteiger partial charge in [0.1, 0.15) is 0 Å². The number of hydrogen-bond acceptors (Lipinski definition) is 3. The SMILES string of the molecule is Cc1cccc(N2CCN(CCC(C)NC(=O)C3CC4CCC3C4)CC2)c1. The van der Waals surface area contributed by atoms with Crippen molar-refractivity contribution in [3.63, 3.8) is 0 Å². The summed E-state index contributed by atoms with van der Waals surface area (Å²) in [5.41, 5.74) is 2.68. The molecule has 2 aliphatic carbocycles. The molecule has 1 aromatic rings. The average molecular weight is 370 g/mol. The lowest BCUT2D eigenvalue weighted by Crippen LogP contribution is -2.48. The fourth-order valence-corrected chi connectivity index (χ4v) is 5.42. The summed E-state index contributed by atoms with van der Waals surface area (Å²) < 4.78 is 0. The zero-order chi connectivity index (χ0) is 18.8. The Morgan fingerprint density at radius 3 is 2.67 bits per heavy atom. The van der Waals surface area contributed by atoms with E-state index in [1.807, 2.05) is 0 Å². The number of rotatable bonds is 6. The van der Waals surface area contributed by atoms with Gasteiger partial charge in [-0.15, -0.1) is 0 Å². The highest BCUT2D eigenvalue weighted by Gasteiger charge is 2.43. The molecule has 1 aromatic carbocycles. The number of fused-ring (bicyclic) bond motifs is 2. The smallest absolute Gasteiger partial charge is 0.223 e. The minimum absolute atomic E-state index is 0.284. The fraction of sp³-hybridized carbons (Fsp3) is 0.696. The number of benzene rings is 1. The minimum atomic E-state index is 0.284. The van der Waals surface area contributed by atoms with Crippen LogP contribution >= 0.6 is 0 Å². The van der Waals surface area contributed by atoms with Crippen LogP contribution in [0.1, 0.15) is 44.6 Å². The first kappa shape index (κ1) is 18.8. The summed E-state index contributed by atoms with van der Waals surface area (Å²) in [6.07, 6.45) is 6.14. The molecule has 4 unspecified atom stereocenters. The van der Waals surface area contributed by atoms with E-state index >= 15 is 0 Å². The maximum absolute atomic E-state index is 12.6. The lowest BCUT2D eigenvalue weighted by atomic mass is 9.88. The van der Waals surface area contributed by atoms with Gasteiger partial charge >= 0.3 is 0 Å². The first-order valence-electron chi connectivity index (χ1n) is 10.9. The summed E-state index contributed by atoms with van der Waals surface area (Å²) in [5.74, 6) is 2.16. The first-order valence-corrected chi connectivity index (χ1v) is 10.9. The van der Waals surface area contributed by atoms with Crippen molar-refractivity contribution >= 4 is 11.6 Å². The van der Waals surface area contributed by atoms with Crippen molar-refractivity contribution in [2.45, 2.75) is 52.0 Å². The van der Waals surface area contributed by atoms with E-state index in [-0.39, 0.29) is 6.04 Å². The van der Waals surface area contributed by atoms with Crippen LogP contribution in [0.5, 0.6) is 0 Å². The van der Waals surface area contributed by atoms with Gasteiger partial charge < -0.3 is 10.2 Å². The van der Waals surface area contributed by atoms with E-state index in [2.05, 4.69) is 53.2 Å². The molecule has 1 heterocycles. The van der Waals surface area contributed by atoms with E-state index in [4.69, 9.17) is 0 Å². The lowest BCUT2D eigenvalue weighted by molar-refractivity contribution is -0.127. The van der Waals surface area contributed by atoms with Gasteiger partial charge in [0, 0.05) is 50.4 Å². The van der Waals surface area contributed by atoms with Crippen LogP contribution in [-0.4, -0.2) is 49.6 Å². The number of piperazine rings is 1. The van der Waals surface area contributed by atoms with Gasteiger partial charge in [-0.25, -0.2) is 0 Å². The highest BCUT2D eigenvalue weighted by atomic mass is 16.2. The quantitative estimate of drug-likeness (QED) is 0.834. The minimum Gasteiger partial charge on any atom is -0.369 e. The molecule has 148 valence electrons. The largest absolute Gasteiger partial charge is 0.369 e. The van der Waals surface area contributed by atoms with Crippen LogP contribution in [0.2, 0.25) is 0 Å². The molecule has 1 saturated heterocycles. The maximum Gasteiger partial charge on any atom is 0.223 e. The van der Waals surface area contributed by atoms with Crippen molar-refractivity contribution < 1.29 is 4.79 Å². The molecule has 4 atom stereocenters. The van der Waals surface area contributed by atoms with Crippen molar-refractivity contribution in [1.82, 2.24) is 10.2 Å². The molecule has 1 aliphatic heterocycles. The summed E-state index contributed by atoms with van der Waals surface area (Å²) in [7, 11) is 0. The Morgan fingerprint density at radius 2 is 2.00 bits per heavy atom. The number of amides is 1. The maximum atomic E-state index is 12.6. The van der Waals surface area contributed by atoms with Crippen molar-refractivity contribution in [2.24, 2.45) is 17.8 Å². The van der Waals surface area contributed by atoms with E-state index in [1.165, 1.54) is 30.5 Å². The number of aryl methyl sites for hydroxylation is 1. The van der Waals surface area contributed by atoms with Crippen molar-refractivity contribution in [1.29, 1.82) is 0 Å². The molecule has 0 spiro atoms. The predicted molar refractivity (Wildman–Crippen MR) is 111 cm³/mol. The predicted octanol–water partition coefficient (Wildman–Crippen LogP) is 3.45. The van der Waals surface area contributed by atoms with E-state index in [0.717, 1.165) is 51.5 Å². The third-order valence-electron chi connectivity index (χ3n) is 7.08. The summed E-state index contributed by atoms with van der Waals surface area (Å²) in [4.78, 5) is 17.6. The highest BCUT2D eigenvalue weighted by Crippen LogP contribution is 2.48. The Kier molecular flexibility index (Phi) is 5.72. The molecular weight excluding hydrogens is 334 g/mol. The van der Waals surface area contributed by atoms with Gasteiger partial charge in [0.15, 0.2) is 0 Å². The van der Waals surface area contributed by atoms with Gasteiger partial charge in [-0.1, -0.05) is 18.6 Å². The Balaban J connectivity index is 1.17. The van der Waals surface area contributed by atoms with Crippen molar-refractivity contribution in [2.75, 3.05) is 37.6 Å². The van der Waals surface area contributed by atoms with Gasteiger partial charge in [-0.3, -0.25) is 9.69 Å². The molecule has 3 aliphatic rings. The lowest BCUT2D eigenvalue weighted by Gasteiger charge is -2.36. The Labute approximate surface area is 164 Å². The number of carbonyl (C=O) groups is 1. The normalized spacial score (nSPS) is 29.1. The summed E-state index contributed by atoms with van der Waals surface area (Å²) in [6.45, 7) is 9.83. The molecule has 1 N–H and O–H groups in total. The average Bonchev–Trinajstić information content (AvgIpc) is 3.30. The van der Waals surface area contributed by atoms with Crippen LogP contribution in [0.25, 0.3) is 0 Å². The zero-order valence-corrected chi connectivity index (χ0v) is 17.0. The number of anilines is 1. The van der Waals surface area contributed by atoms with Crippen molar-refractivity contribution in [3.05, 3.63) is 29.8 Å². The van der Waals surface area contributed by atoms with Crippen LogP contribution in [-0.2, 0) is 4.79 Å². The summed E-state index contributed by atoms with van der Waals surface area (Å²) in [6, 6.07) is 9.09. The third kappa shape index (κ3) is 4.48. The standard InChI is InChI=1S/C23H35N3O/c1-17-4-3-5-21(14-17)26-12-10-25(11-13-26)9-8-18(2)24-23(27)22-16-19-6-7-20(22)15-19/h3-5,14,18-20,22H,6-13,15-16H2,1-2H3,(H,24,27). The molecule has 4 rings (SSSR count). The van der Waals surface area contributed by atoms with E-state index in [9.17, 15) is 4.79 Å². The molecule has 0 radical (unpaired) electrons. The molecule has 4 heteroatoms. The number of nitrogens with one attached hydrogen (secondary N) is 1. The van der Waals surface area contributed by atoms with E-state index in [0.29, 0.717) is 17.7 Å². The first-order chi connectivity index (χ1) is 13.1. The van der Waals surface area contributed by atoms with E-state index in [1.54, 1.807) is 0 Å². The van der Waals surface area contributed by atoms with E-state index < -0.39 is 0 Å². The molecular formula is C23H35N3O. The van der Waals surface area contributed by atoms with Crippen LogP contribution < -0.4 is 10.2 Å². The Morgan fingerprint density at radius 1 is 1.19 bits per heavy atom. The summed E-state index contributed by atoms with van der Waals surface area (Å²) >= 11 is 0. The number of hydrogen-bond donors (Lipinski definition) is 1. The number of carbonyl (C=O) groups excluding carboxylic acids is 1. The van der Waals surface area contributed by atoms with Gasteiger partial charge in [-0.2, -0.15) is 0 Å². The molecule has 3 fully saturated rings. The molecule has 2 bridgehead atoms. The fourth-order valence-electron chi connectivity index (χ4n) is 5.42. The molecule has 4 nitrogen and oxygen atoms in total. The second kappa shape index (κ2) is 8.22. The monoisotopic (exact) mass is 369 g/mol. The molecule has 1 amide bonds. The topological polar surface area (TPSA) is 35.6 Å². The molecule has 2 saturated carbocycles. The van der Waals surface area contributed by atoms with Gasteiger partial charge in [0.25, 0.3) is 0 Å². The number of nitrogens with zero attached hydrogens (tertiary/aromatic N) is 2. The summed E-state index contributed by atoms with van der Waals surface area (Å²) in [5, 5.41) is 3.31. The molecule has 0 aromatic heterocycles. The van der Waals surface area contributed by atoms with Gasteiger partial charge in [-0.05, 0) is 69.1 Å². The Bertz CT molecular complexity index is 653. The second-order valence-corrected chi connectivity index (χ2v) is 9.15. The van der Waals surface area contributed by atoms with Crippen LogP contribution in [0.15, 0.2) is 24.3 Å². The second-order valence-electron chi connectivity index (χ2n) is 9.15. The third-order valence-corrected chi connectivity index (χ3v) is 7.08. The van der Waals surface area contributed by atoms with Crippen LogP contribution in [0.3, 0.4) is 0 Å². The van der Waals surface area contributed by atoms with Crippen LogP contribution in [0, 0.1) is 24.7 Å². The van der Waals surface area contributed by atoms with Crippen molar-refractivity contribution in [3.8, 4) is 0 Å². The Hall–Kier alpha value is -1.55. The molecule has 27 heavy (non-hydrogen) atoms. The van der Waals surface area contributed by atoms with Gasteiger partial charge in [0.05, 0.1) is 0 Å². The highest BCUT2D eigenvalue weighted by molar-refractivity contribution is 5.79. The van der Waals surface area contributed by atoms with Crippen LogP contribution in [0.4, 0.5) is 5.69 Å². The zero-order valence-electron chi connectivity index (χ0n) is 17.0. The van der Waals surface area contributed by atoms with Gasteiger partial charge in [0.2, 0.25) is 5.91 Å².